The van der Waals surface area contributed by atoms with Crippen LogP contribution in [-0.4, -0.2) is 29.9 Å². The molecular weight excluding hydrogens is 384 g/mol. The standard InChI is InChI=1S/C23H22N2O5/c1-14-15(2)30-23(24-14)17-4-3-5-18(12-17)25-22(27)9-7-19(26)16-6-8-20-21(13-16)29-11-10-28-20/h3-6,8,12-13H,7,9-11H2,1-2H3,(H,25,27). The Balaban J connectivity index is 1.36. The number of hydrogen-bond donors (Lipinski definition) is 1. The minimum absolute atomic E-state index is 0.0781. The summed E-state index contributed by atoms with van der Waals surface area (Å²) in [4.78, 5) is 29.2. The van der Waals surface area contributed by atoms with Crippen LogP contribution < -0.4 is 14.8 Å². The first-order valence-corrected chi connectivity index (χ1v) is 9.77. The number of hydrogen-bond acceptors (Lipinski definition) is 6. The van der Waals surface area contributed by atoms with Crippen LogP contribution in [0.25, 0.3) is 11.5 Å². The van der Waals surface area contributed by atoms with E-state index in [0.29, 0.717) is 41.9 Å². The molecule has 0 saturated carbocycles. The predicted molar refractivity (Wildman–Crippen MR) is 111 cm³/mol. The van der Waals surface area contributed by atoms with Crippen molar-refractivity contribution >= 4 is 17.4 Å². The van der Waals surface area contributed by atoms with Gasteiger partial charge in [0.15, 0.2) is 17.3 Å². The number of carbonyl (C=O) groups excluding carboxylic acids is 2. The summed E-state index contributed by atoms with van der Waals surface area (Å²) in [5, 5.41) is 2.82. The fourth-order valence-electron chi connectivity index (χ4n) is 3.14. The molecule has 1 aliphatic heterocycles. The van der Waals surface area contributed by atoms with Crippen molar-refractivity contribution in [2.75, 3.05) is 18.5 Å². The van der Waals surface area contributed by atoms with Gasteiger partial charge in [-0.25, -0.2) is 4.98 Å². The largest absolute Gasteiger partial charge is 0.486 e. The summed E-state index contributed by atoms with van der Waals surface area (Å²) in [6.07, 6.45) is 0.179. The number of Topliss-reactive ketones (excluding diaryl/α,β-unsaturated/α-hetero) is 1. The van der Waals surface area contributed by atoms with E-state index in [-0.39, 0.29) is 24.5 Å². The molecule has 1 aliphatic rings. The monoisotopic (exact) mass is 406 g/mol. The third-order valence-corrected chi connectivity index (χ3v) is 4.87. The molecule has 1 N–H and O–H groups in total. The van der Waals surface area contributed by atoms with E-state index in [9.17, 15) is 9.59 Å². The number of carbonyl (C=O) groups is 2. The third-order valence-electron chi connectivity index (χ3n) is 4.87. The van der Waals surface area contributed by atoms with Gasteiger partial charge in [-0.2, -0.15) is 0 Å². The Morgan fingerprint density at radius 3 is 2.57 bits per heavy atom. The van der Waals surface area contributed by atoms with Crippen molar-refractivity contribution < 1.29 is 23.5 Å². The number of amides is 1. The van der Waals surface area contributed by atoms with E-state index < -0.39 is 0 Å². The fraction of sp³-hybridized carbons (Fsp3) is 0.261. The fourth-order valence-corrected chi connectivity index (χ4v) is 3.14. The molecule has 7 heteroatoms. The number of ether oxygens (including phenoxy) is 2. The number of aryl methyl sites for hydroxylation is 2. The highest BCUT2D eigenvalue weighted by atomic mass is 16.6. The quantitative estimate of drug-likeness (QED) is 0.613. The van der Waals surface area contributed by atoms with Gasteiger partial charge in [-0.15, -0.1) is 0 Å². The molecule has 0 radical (unpaired) electrons. The van der Waals surface area contributed by atoms with Crippen LogP contribution in [0, 0.1) is 13.8 Å². The van der Waals surface area contributed by atoms with E-state index in [0.717, 1.165) is 17.0 Å². The summed E-state index contributed by atoms with van der Waals surface area (Å²) in [5.41, 5.74) is 2.73. The minimum atomic E-state index is -0.238. The van der Waals surface area contributed by atoms with Crippen molar-refractivity contribution in [1.29, 1.82) is 0 Å². The zero-order chi connectivity index (χ0) is 21.1. The molecule has 4 rings (SSSR count). The van der Waals surface area contributed by atoms with Crippen molar-refractivity contribution in [2.45, 2.75) is 26.7 Å². The van der Waals surface area contributed by atoms with Gasteiger partial charge in [0.2, 0.25) is 11.8 Å². The van der Waals surface area contributed by atoms with Crippen LogP contribution in [0.2, 0.25) is 0 Å². The highest BCUT2D eigenvalue weighted by Crippen LogP contribution is 2.31. The molecule has 0 saturated heterocycles. The number of anilines is 1. The molecule has 0 aliphatic carbocycles. The average molecular weight is 406 g/mol. The van der Waals surface area contributed by atoms with Crippen LogP contribution in [0.15, 0.2) is 46.9 Å². The van der Waals surface area contributed by atoms with E-state index in [4.69, 9.17) is 13.9 Å². The zero-order valence-electron chi connectivity index (χ0n) is 16.9. The summed E-state index contributed by atoms with van der Waals surface area (Å²) in [7, 11) is 0. The molecule has 1 amide bonds. The van der Waals surface area contributed by atoms with Crippen LogP contribution in [0.4, 0.5) is 5.69 Å². The summed E-state index contributed by atoms with van der Waals surface area (Å²) in [6, 6.07) is 12.3. The van der Waals surface area contributed by atoms with Gasteiger partial charge in [0, 0.05) is 29.7 Å². The zero-order valence-corrected chi connectivity index (χ0v) is 16.9. The van der Waals surface area contributed by atoms with E-state index in [2.05, 4.69) is 10.3 Å². The molecule has 30 heavy (non-hydrogen) atoms. The maximum atomic E-state index is 12.5. The second-order valence-electron chi connectivity index (χ2n) is 7.07. The number of fused-ring (bicyclic) bond motifs is 1. The Morgan fingerprint density at radius 2 is 1.80 bits per heavy atom. The van der Waals surface area contributed by atoms with Crippen LogP contribution in [0.5, 0.6) is 11.5 Å². The highest BCUT2D eigenvalue weighted by Gasteiger charge is 2.16. The van der Waals surface area contributed by atoms with E-state index in [1.54, 1.807) is 30.3 Å². The Bertz CT molecular complexity index is 1080. The molecule has 1 aromatic heterocycles. The summed E-state index contributed by atoms with van der Waals surface area (Å²) >= 11 is 0. The normalized spacial score (nSPS) is 12.5. The lowest BCUT2D eigenvalue weighted by Crippen LogP contribution is -2.16. The Kier molecular flexibility index (Phi) is 5.52. The Labute approximate surface area is 174 Å². The van der Waals surface area contributed by atoms with Gasteiger partial charge in [0.1, 0.15) is 19.0 Å². The van der Waals surface area contributed by atoms with Crippen LogP contribution in [0.3, 0.4) is 0 Å². The van der Waals surface area contributed by atoms with Gasteiger partial charge < -0.3 is 19.2 Å². The molecular formula is C23H22N2O5. The highest BCUT2D eigenvalue weighted by molar-refractivity contribution is 6.00. The number of oxazole rings is 1. The number of nitrogens with zero attached hydrogens (tertiary/aromatic N) is 1. The van der Waals surface area contributed by atoms with Crippen molar-refractivity contribution in [3.63, 3.8) is 0 Å². The molecule has 154 valence electrons. The van der Waals surface area contributed by atoms with E-state index in [1.165, 1.54) is 0 Å². The number of aromatic nitrogens is 1. The molecule has 0 unspecified atom stereocenters. The molecule has 0 atom stereocenters. The second-order valence-corrected chi connectivity index (χ2v) is 7.07. The lowest BCUT2D eigenvalue weighted by Gasteiger charge is -2.18. The third kappa shape index (κ3) is 4.35. The SMILES string of the molecule is Cc1nc(-c2cccc(NC(=O)CCC(=O)c3ccc4c(c3)OCCO4)c2)oc1C. The van der Waals surface area contributed by atoms with Gasteiger partial charge in [-0.1, -0.05) is 6.07 Å². The van der Waals surface area contributed by atoms with E-state index >= 15 is 0 Å². The summed E-state index contributed by atoms with van der Waals surface area (Å²) in [5.74, 6) is 2.10. The number of rotatable bonds is 6. The van der Waals surface area contributed by atoms with Crippen molar-refractivity contribution in [2.24, 2.45) is 0 Å². The van der Waals surface area contributed by atoms with Gasteiger partial charge in [-0.05, 0) is 50.2 Å². The molecule has 0 fully saturated rings. The molecule has 0 spiro atoms. The molecule has 2 heterocycles. The first-order chi connectivity index (χ1) is 14.5. The van der Waals surface area contributed by atoms with Gasteiger partial charge >= 0.3 is 0 Å². The Hall–Kier alpha value is -3.61. The number of benzene rings is 2. The summed E-state index contributed by atoms with van der Waals surface area (Å²) < 4.78 is 16.6. The number of ketones is 1. The molecule has 3 aromatic rings. The summed E-state index contributed by atoms with van der Waals surface area (Å²) in [6.45, 7) is 4.69. The first-order valence-electron chi connectivity index (χ1n) is 9.77. The molecule has 7 nitrogen and oxygen atoms in total. The van der Waals surface area contributed by atoms with Gasteiger partial charge in [0.05, 0.1) is 5.69 Å². The first kappa shape index (κ1) is 19.7. The molecule has 0 bridgehead atoms. The topological polar surface area (TPSA) is 90.7 Å². The Morgan fingerprint density at radius 1 is 1.00 bits per heavy atom. The lowest BCUT2D eigenvalue weighted by atomic mass is 10.1. The number of nitrogens with one attached hydrogen (secondary N) is 1. The maximum absolute atomic E-state index is 12.5. The van der Waals surface area contributed by atoms with Crippen LogP contribution in [0.1, 0.15) is 34.7 Å². The van der Waals surface area contributed by atoms with Crippen molar-refractivity contribution in [3.05, 3.63) is 59.5 Å². The van der Waals surface area contributed by atoms with E-state index in [1.807, 2.05) is 26.0 Å². The minimum Gasteiger partial charge on any atom is -0.486 e. The lowest BCUT2D eigenvalue weighted by molar-refractivity contribution is -0.116. The maximum Gasteiger partial charge on any atom is 0.226 e. The van der Waals surface area contributed by atoms with Gasteiger partial charge in [0.25, 0.3) is 0 Å². The van der Waals surface area contributed by atoms with Crippen LogP contribution >= 0.6 is 0 Å². The second kappa shape index (κ2) is 8.41. The molecule has 2 aromatic carbocycles. The predicted octanol–water partition coefficient (Wildman–Crippen LogP) is 4.33. The van der Waals surface area contributed by atoms with Crippen molar-refractivity contribution in [1.82, 2.24) is 4.98 Å². The van der Waals surface area contributed by atoms with Gasteiger partial charge in [-0.3, -0.25) is 9.59 Å². The van der Waals surface area contributed by atoms with Crippen molar-refractivity contribution in [3.8, 4) is 23.0 Å². The average Bonchev–Trinajstić information content (AvgIpc) is 3.10. The van der Waals surface area contributed by atoms with Crippen LogP contribution in [-0.2, 0) is 4.79 Å². The smallest absolute Gasteiger partial charge is 0.226 e.